The quantitative estimate of drug-likeness (QED) is 0.679. The van der Waals surface area contributed by atoms with Gasteiger partial charge in [-0.3, -0.25) is 9.59 Å². The third kappa shape index (κ3) is 3.16. The van der Waals surface area contributed by atoms with Crippen LogP contribution >= 0.6 is 0 Å². The molecule has 0 bridgehead atoms. The minimum Gasteiger partial charge on any atom is -0.508 e. The number of carbonyl (C=O) groups is 2. The van der Waals surface area contributed by atoms with Crippen LogP contribution < -0.4 is 4.74 Å². The summed E-state index contributed by atoms with van der Waals surface area (Å²) in [6.07, 6.45) is 3.09. The normalized spacial score (nSPS) is 19.6. The van der Waals surface area contributed by atoms with Crippen molar-refractivity contribution < 1.29 is 24.2 Å². The largest absolute Gasteiger partial charge is 0.508 e. The number of rotatable bonds is 3. The van der Waals surface area contributed by atoms with Gasteiger partial charge in [-0.05, 0) is 31.9 Å². The summed E-state index contributed by atoms with van der Waals surface area (Å²) >= 11 is 0. The van der Waals surface area contributed by atoms with Crippen LogP contribution in [0.25, 0.3) is 0 Å². The van der Waals surface area contributed by atoms with Gasteiger partial charge >= 0.3 is 5.97 Å². The molecule has 3 rings (SSSR count). The van der Waals surface area contributed by atoms with Crippen molar-refractivity contribution in [3.05, 3.63) is 35.7 Å². The van der Waals surface area contributed by atoms with E-state index in [2.05, 4.69) is 0 Å². The molecule has 1 fully saturated rings. The van der Waals surface area contributed by atoms with Gasteiger partial charge in [0.25, 0.3) is 0 Å². The second kappa shape index (κ2) is 6.32. The third-order valence-electron chi connectivity index (χ3n) is 4.10. The standard InChI is InChI=1S/C17H19NO5/c1-2-22-17(21)11-5-7-18(8-6-11)10-15-16(20)13-4-3-12(19)9-14(13)23-15/h3-4,9-11,19H,2,5-8H2,1H3/b15-10-. The number of carbonyl (C=O) groups excluding carboxylic acids is 2. The first-order valence-corrected chi connectivity index (χ1v) is 7.76. The van der Waals surface area contributed by atoms with Gasteiger partial charge in [0.2, 0.25) is 5.78 Å². The van der Waals surface area contributed by atoms with E-state index in [9.17, 15) is 14.7 Å². The zero-order valence-corrected chi connectivity index (χ0v) is 12.9. The highest BCUT2D eigenvalue weighted by molar-refractivity contribution is 6.12. The van der Waals surface area contributed by atoms with Gasteiger partial charge in [0.1, 0.15) is 11.5 Å². The Kier molecular flexibility index (Phi) is 4.23. The first-order chi connectivity index (χ1) is 11.1. The van der Waals surface area contributed by atoms with Crippen molar-refractivity contribution in [1.82, 2.24) is 4.90 Å². The Bertz CT molecular complexity index is 659. The zero-order chi connectivity index (χ0) is 16.4. The highest BCUT2D eigenvalue weighted by atomic mass is 16.5. The predicted molar refractivity (Wildman–Crippen MR) is 82.1 cm³/mol. The molecule has 0 unspecified atom stereocenters. The molecule has 2 heterocycles. The molecule has 2 aliphatic heterocycles. The average molecular weight is 317 g/mol. The Labute approximate surface area is 134 Å². The molecule has 0 saturated carbocycles. The number of esters is 1. The summed E-state index contributed by atoms with van der Waals surface area (Å²) in [6, 6.07) is 4.45. The van der Waals surface area contributed by atoms with E-state index in [1.807, 2.05) is 4.90 Å². The maximum absolute atomic E-state index is 12.3. The van der Waals surface area contributed by atoms with Crippen LogP contribution in [0.2, 0.25) is 0 Å². The average Bonchev–Trinajstić information content (AvgIpc) is 2.83. The summed E-state index contributed by atoms with van der Waals surface area (Å²) < 4.78 is 10.6. The Balaban J connectivity index is 1.64. The molecular formula is C17H19NO5. The number of piperidine rings is 1. The Morgan fingerprint density at radius 3 is 2.87 bits per heavy atom. The van der Waals surface area contributed by atoms with E-state index in [4.69, 9.17) is 9.47 Å². The molecular weight excluding hydrogens is 298 g/mol. The van der Waals surface area contributed by atoms with Gasteiger partial charge in [-0.25, -0.2) is 0 Å². The fraction of sp³-hybridized carbons (Fsp3) is 0.412. The molecule has 1 aromatic carbocycles. The highest BCUT2D eigenvalue weighted by Gasteiger charge is 2.30. The van der Waals surface area contributed by atoms with E-state index in [1.54, 1.807) is 19.2 Å². The predicted octanol–water partition coefficient (Wildman–Crippen LogP) is 2.08. The number of ether oxygens (including phenoxy) is 2. The zero-order valence-electron chi connectivity index (χ0n) is 12.9. The van der Waals surface area contributed by atoms with Crippen molar-refractivity contribution in [3.8, 4) is 11.5 Å². The lowest BCUT2D eigenvalue weighted by molar-refractivity contribution is -0.149. The van der Waals surface area contributed by atoms with E-state index >= 15 is 0 Å². The number of nitrogens with zero attached hydrogens (tertiary/aromatic N) is 1. The number of Topliss-reactive ketones (excluding diaryl/α,β-unsaturated/α-hetero) is 1. The summed E-state index contributed by atoms with van der Waals surface area (Å²) in [6.45, 7) is 3.54. The van der Waals surface area contributed by atoms with Crippen LogP contribution in [0.15, 0.2) is 30.2 Å². The molecule has 122 valence electrons. The number of benzene rings is 1. The molecule has 0 radical (unpaired) electrons. The van der Waals surface area contributed by atoms with Gasteiger partial charge < -0.3 is 19.5 Å². The summed E-state index contributed by atoms with van der Waals surface area (Å²) in [5.41, 5.74) is 0.454. The van der Waals surface area contributed by atoms with Crippen LogP contribution in [0.3, 0.4) is 0 Å². The SMILES string of the molecule is CCOC(=O)C1CCN(/C=C2\Oc3cc(O)ccc3C2=O)CC1. The minimum atomic E-state index is -0.187. The lowest BCUT2D eigenvalue weighted by atomic mass is 9.97. The third-order valence-corrected chi connectivity index (χ3v) is 4.10. The van der Waals surface area contributed by atoms with Crippen LogP contribution in [-0.4, -0.2) is 41.5 Å². The van der Waals surface area contributed by atoms with Crippen LogP contribution in [0.4, 0.5) is 0 Å². The number of allylic oxidation sites excluding steroid dienone is 1. The van der Waals surface area contributed by atoms with Crippen LogP contribution in [0, 0.1) is 5.92 Å². The van der Waals surface area contributed by atoms with Crippen molar-refractivity contribution in [2.45, 2.75) is 19.8 Å². The van der Waals surface area contributed by atoms with Crippen molar-refractivity contribution in [2.75, 3.05) is 19.7 Å². The molecule has 1 N–H and O–H groups in total. The number of likely N-dealkylation sites (tertiary alicyclic amines) is 1. The minimum absolute atomic E-state index is 0.0630. The van der Waals surface area contributed by atoms with Gasteiger partial charge in [-0.1, -0.05) is 0 Å². The Morgan fingerprint density at radius 2 is 2.17 bits per heavy atom. The van der Waals surface area contributed by atoms with Crippen molar-refractivity contribution in [2.24, 2.45) is 5.92 Å². The summed E-state index contributed by atoms with van der Waals surface area (Å²) in [5, 5.41) is 9.45. The first-order valence-electron chi connectivity index (χ1n) is 7.76. The lowest BCUT2D eigenvalue weighted by Crippen LogP contribution is -2.34. The molecule has 6 heteroatoms. The maximum Gasteiger partial charge on any atom is 0.309 e. The highest BCUT2D eigenvalue weighted by Crippen LogP contribution is 2.34. The number of fused-ring (bicyclic) bond motifs is 1. The molecule has 0 amide bonds. The van der Waals surface area contributed by atoms with Gasteiger partial charge in [-0.2, -0.15) is 0 Å². The first kappa shape index (κ1) is 15.4. The Hall–Kier alpha value is -2.50. The second-order valence-electron chi connectivity index (χ2n) is 5.67. The van der Waals surface area contributed by atoms with Crippen LogP contribution in [-0.2, 0) is 9.53 Å². The molecule has 6 nitrogen and oxygen atoms in total. The van der Waals surface area contributed by atoms with Crippen molar-refractivity contribution >= 4 is 11.8 Å². The summed E-state index contributed by atoms with van der Waals surface area (Å²) in [5.74, 6) is 0.290. The van der Waals surface area contributed by atoms with Gasteiger partial charge in [-0.15, -0.1) is 0 Å². The number of hydrogen-bond acceptors (Lipinski definition) is 6. The Morgan fingerprint density at radius 1 is 1.43 bits per heavy atom. The van der Waals surface area contributed by atoms with Crippen LogP contribution in [0.5, 0.6) is 11.5 Å². The number of hydrogen-bond donors (Lipinski definition) is 1. The monoisotopic (exact) mass is 317 g/mol. The molecule has 0 spiro atoms. The van der Waals surface area contributed by atoms with E-state index in [0.717, 1.165) is 0 Å². The number of phenolic OH excluding ortho intramolecular Hbond substituents is 1. The molecule has 0 aromatic heterocycles. The molecule has 1 saturated heterocycles. The summed E-state index contributed by atoms with van der Waals surface area (Å²) in [4.78, 5) is 26.0. The fourth-order valence-corrected chi connectivity index (χ4v) is 2.86. The van der Waals surface area contributed by atoms with E-state index in [1.165, 1.54) is 12.1 Å². The molecule has 23 heavy (non-hydrogen) atoms. The van der Waals surface area contributed by atoms with E-state index in [-0.39, 0.29) is 29.2 Å². The van der Waals surface area contributed by atoms with Crippen LogP contribution in [0.1, 0.15) is 30.1 Å². The van der Waals surface area contributed by atoms with Gasteiger partial charge in [0.15, 0.2) is 5.76 Å². The smallest absolute Gasteiger partial charge is 0.309 e. The molecule has 2 aliphatic rings. The summed E-state index contributed by atoms with van der Waals surface area (Å²) in [7, 11) is 0. The maximum atomic E-state index is 12.3. The van der Waals surface area contributed by atoms with Gasteiger partial charge in [0.05, 0.1) is 18.1 Å². The molecule has 0 atom stereocenters. The van der Waals surface area contributed by atoms with E-state index < -0.39 is 0 Å². The fourth-order valence-electron chi connectivity index (χ4n) is 2.86. The van der Waals surface area contributed by atoms with Crippen molar-refractivity contribution in [3.63, 3.8) is 0 Å². The topological polar surface area (TPSA) is 76.1 Å². The second-order valence-corrected chi connectivity index (χ2v) is 5.67. The van der Waals surface area contributed by atoms with E-state index in [0.29, 0.717) is 43.9 Å². The number of ketones is 1. The molecule has 1 aromatic rings. The lowest BCUT2D eigenvalue weighted by Gasteiger charge is -2.29. The van der Waals surface area contributed by atoms with Crippen molar-refractivity contribution in [1.29, 1.82) is 0 Å². The van der Waals surface area contributed by atoms with Gasteiger partial charge in [0, 0.05) is 25.4 Å². The molecule has 0 aliphatic carbocycles. The number of aromatic hydroxyl groups is 1. The number of phenols is 1.